The van der Waals surface area contributed by atoms with Crippen LogP contribution in [0.5, 0.6) is 0 Å². The van der Waals surface area contributed by atoms with Gasteiger partial charge in [0.2, 0.25) is 5.91 Å². The fraction of sp³-hybridized carbons (Fsp3) is 0.632. The summed E-state index contributed by atoms with van der Waals surface area (Å²) in [4.78, 5) is 14.7. The molecule has 3 atom stereocenters. The van der Waals surface area contributed by atoms with Crippen molar-refractivity contribution in [2.75, 3.05) is 19.6 Å². The highest BCUT2D eigenvalue weighted by Gasteiger charge is 2.42. The summed E-state index contributed by atoms with van der Waals surface area (Å²) in [5.74, 6) is 0.690. The molecule has 2 aliphatic heterocycles. The molecular formula is C19H26N2O2. The number of hydrogen-bond donors (Lipinski definition) is 1. The van der Waals surface area contributed by atoms with Crippen LogP contribution < -0.4 is 5.32 Å². The Morgan fingerprint density at radius 1 is 1.22 bits per heavy atom. The van der Waals surface area contributed by atoms with E-state index in [0.717, 1.165) is 51.7 Å². The smallest absolute Gasteiger partial charge is 0.249 e. The zero-order valence-electron chi connectivity index (χ0n) is 13.6. The first-order valence-electron chi connectivity index (χ1n) is 9.00. The van der Waals surface area contributed by atoms with Gasteiger partial charge >= 0.3 is 0 Å². The number of carbonyl (C=O) groups is 1. The van der Waals surface area contributed by atoms with Crippen LogP contribution in [0.3, 0.4) is 0 Å². The summed E-state index contributed by atoms with van der Waals surface area (Å²) in [6.45, 7) is 3.19. The molecule has 0 bridgehead atoms. The van der Waals surface area contributed by atoms with E-state index in [0.29, 0.717) is 12.0 Å². The number of piperidine rings is 1. The summed E-state index contributed by atoms with van der Waals surface area (Å²) in [7, 11) is 0. The van der Waals surface area contributed by atoms with Crippen LogP contribution >= 0.6 is 0 Å². The molecule has 4 rings (SSSR count). The summed E-state index contributed by atoms with van der Waals surface area (Å²) in [6.07, 6.45) is 5.47. The van der Waals surface area contributed by atoms with Gasteiger partial charge in [-0.25, -0.2) is 0 Å². The number of nitrogens with zero attached hydrogens (tertiary/aromatic N) is 1. The molecule has 4 nitrogen and oxygen atoms in total. The monoisotopic (exact) mass is 314 g/mol. The highest BCUT2D eigenvalue weighted by atomic mass is 16.5. The second-order valence-electron chi connectivity index (χ2n) is 7.27. The molecule has 3 fully saturated rings. The molecule has 2 saturated heterocycles. The zero-order chi connectivity index (χ0) is 15.6. The van der Waals surface area contributed by atoms with E-state index in [4.69, 9.17) is 4.74 Å². The Labute approximate surface area is 138 Å². The molecule has 1 aliphatic carbocycles. The molecule has 1 saturated carbocycles. The lowest BCUT2D eigenvalue weighted by Crippen LogP contribution is -2.43. The van der Waals surface area contributed by atoms with Crippen molar-refractivity contribution in [3.05, 3.63) is 35.9 Å². The Morgan fingerprint density at radius 3 is 2.83 bits per heavy atom. The van der Waals surface area contributed by atoms with Crippen LogP contribution in [0.2, 0.25) is 0 Å². The number of fused-ring (bicyclic) bond motifs is 1. The molecule has 0 spiro atoms. The van der Waals surface area contributed by atoms with Crippen molar-refractivity contribution in [1.29, 1.82) is 0 Å². The third kappa shape index (κ3) is 3.75. The second kappa shape index (κ2) is 6.62. The molecule has 0 unspecified atom stereocenters. The number of rotatable bonds is 5. The van der Waals surface area contributed by atoms with Gasteiger partial charge in [0, 0.05) is 19.1 Å². The molecule has 124 valence electrons. The van der Waals surface area contributed by atoms with E-state index in [1.165, 1.54) is 5.56 Å². The van der Waals surface area contributed by atoms with E-state index in [-0.39, 0.29) is 18.1 Å². The van der Waals surface area contributed by atoms with Crippen molar-refractivity contribution in [2.24, 2.45) is 5.92 Å². The third-order valence-electron chi connectivity index (χ3n) is 5.41. The summed E-state index contributed by atoms with van der Waals surface area (Å²) in [6, 6.07) is 11.1. The molecule has 2 heterocycles. The lowest BCUT2D eigenvalue weighted by Gasteiger charge is -2.34. The molecule has 0 aromatic heterocycles. The first kappa shape index (κ1) is 15.2. The van der Waals surface area contributed by atoms with Gasteiger partial charge in [0.05, 0.1) is 6.10 Å². The fourth-order valence-corrected chi connectivity index (χ4v) is 3.82. The fourth-order valence-electron chi connectivity index (χ4n) is 3.82. The van der Waals surface area contributed by atoms with Crippen LogP contribution in [0.1, 0.15) is 31.2 Å². The Hall–Kier alpha value is -1.39. The number of hydrogen-bond acceptors (Lipinski definition) is 3. The van der Waals surface area contributed by atoms with Crippen LogP contribution in [0.25, 0.3) is 0 Å². The number of benzene rings is 1. The van der Waals surface area contributed by atoms with E-state index >= 15 is 0 Å². The number of nitrogens with one attached hydrogen (secondary N) is 1. The van der Waals surface area contributed by atoms with E-state index in [9.17, 15) is 4.79 Å². The van der Waals surface area contributed by atoms with Gasteiger partial charge in [0.25, 0.3) is 0 Å². The average molecular weight is 314 g/mol. The number of carbonyl (C=O) groups excluding carboxylic acids is 1. The van der Waals surface area contributed by atoms with Gasteiger partial charge in [-0.1, -0.05) is 30.3 Å². The van der Waals surface area contributed by atoms with E-state index < -0.39 is 0 Å². The molecule has 1 aromatic carbocycles. The Kier molecular flexibility index (Phi) is 4.36. The molecule has 1 aromatic rings. The minimum absolute atomic E-state index is 0.123. The summed E-state index contributed by atoms with van der Waals surface area (Å²) >= 11 is 0. The quantitative estimate of drug-likeness (QED) is 0.904. The maximum atomic E-state index is 12.2. The summed E-state index contributed by atoms with van der Waals surface area (Å²) < 4.78 is 6.08. The van der Waals surface area contributed by atoms with Gasteiger partial charge < -0.3 is 15.0 Å². The zero-order valence-corrected chi connectivity index (χ0v) is 13.6. The van der Waals surface area contributed by atoms with Gasteiger partial charge in [-0.15, -0.1) is 0 Å². The van der Waals surface area contributed by atoms with E-state index in [2.05, 4.69) is 40.5 Å². The predicted molar refractivity (Wildman–Crippen MR) is 89.1 cm³/mol. The molecule has 3 aliphatic rings. The lowest BCUT2D eigenvalue weighted by atomic mass is 9.91. The second-order valence-corrected chi connectivity index (χ2v) is 7.27. The number of ether oxygens (including phenoxy) is 1. The van der Waals surface area contributed by atoms with Crippen LogP contribution in [0.15, 0.2) is 30.3 Å². The van der Waals surface area contributed by atoms with Crippen LogP contribution in [0.4, 0.5) is 0 Å². The average Bonchev–Trinajstić information content (AvgIpc) is 3.29. The van der Waals surface area contributed by atoms with Crippen molar-refractivity contribution in [2.45, 2.75) is 50.4 Å². The van der Waals surface area contributed by atoms with Crippen LogP contribution in [-0.4, -0.2) is 48.7 Å². The van der Waals surface area contributed by atoms with Gasteiger partial charge in [-0.3, -0.25) is 4.79 Å². The van der Waals surface area contributed by atoms with Gasteiger partial charge in [-0.2, -0.15) is 0 Å². The minimum Gasteiger partial charge on any atom is -0.364 e. The lowest BCUT2D eigenvalue weighted by molar-refractivity contribution is -0.133. The standard InChI is InChI=1S/C19H26N2O2/c22-19(20-16-6-7-16)17-12-15-9-11-21(13-18(15)23-17)10-8-14-4-2-1-3-5-14/h1-5,15-18H,6-13H2,(H,20,22)/t15-,17+,18-/m0/s1. The molecule has 0 radical (unpaired) electrons. The summed E-state index contributed by atoms with van der Waals surface area (Å²) in [5.41, 5.74) is 1.39. The molecule has 1 N–H and O–H groups in total. The van der Waals surface area contributed by atoms with E-state index in [1.807, 2.05) is 0 Å². The predicted octanol–water partition coefficient (Wildman–Crippen LogP) is 1.99. The summed E-state index contributed by atoms with van der Waals surface area (Å²) in [5, 5.41) is 3.09. The van der Waals surface area contributed by atoms with Crippen LogP contribution in [0, 0.1) is 5.92 Å². The van der Waals surface area contributed by atoms with Crippen molar-refractivity contribution < 1.29 is 9.53 Å². The normalized spacial score (nSPS) is 30.9. The molecule has 4 heteroatoms. The third-order valence-corrected chi connectivity index (χ3v) is 5.41. The first-order valence-corrected chi connectivity index (χ1v) is 9.00. The van der Waals surface area contributed by atoms with Crippen molar-refractivity contribution in [1.82, 2.24) is 10.2 Å². The Balaban J connectivity index is 1.26. The largest absolute Gasteiger partial charge is 0.364 e. The maximum Gasteiger partial charge on any atom is 0.249 e. The molecular weight excluding hydrogens is 288 g/mol. The topological polar surface area (TPSA) is 41.6 Å². The van der Waals surface area contributed by atoms with E-state index in [1.54, 1.807) is 0 Å². The SMILES string of the molecule is O=C(NC1CC1)[C@H]1C[C@@H]2CCN(CCc3ccccc3)C[C@@H]2O1. The minimum atomic E-state index is -0.209. The number of likely N-dealkylation sites (tertiary alicyclic amines) is 1. The van der Waals surface area contributed by atoms with Crippen molar-refractivity contribution in [3.63, 3.8) is 0 Å². The first-order chi connectivity index (χ1) is 11.3. The Morgan fingerprint density at radius 2 is 2.04 bits per heavy atom. The van der Waals surface area contributed by atoms with Gasteiger partial charge in [0.15, 0.2) is 0 Å². The van der Waals surface area contributed by atoms with Crippen molar-refractivity contribution in [3.8, 4) is 0 Å². The number of amides is 1. The van der Waals surface area contributed by atoms with Gasteiger partial charge in [-0.05, 0) is 50.1 Å². The van der Waals surface area contributed by atoms with Gasteiger partial charge in [0.1, 0.15) is 6.10 Å². The molecule has 1 amide bonds. The Bertz CT molecular complexity index is 544. The maximum absolute atomic E-state index is 12.2. The van der Waals surface area contributed by atoms with Crippen molar-refractivity contribution >= 4 is 5.91 Å². The van der Waals surface area contributed by atoms with Crippen LogP contribution in [-0.2, 0) is 16.0 Å². The molecule has 23 heavy (non-hydrogen) atoms. The highest BCUT2D eigenvalue weighted by Crippen LogP contribution is 2.33. The highest BCUT2D eigenvalue weighted by molar-refractivity contribution is 5.81.